The number of hydrogen-bond acceptors (Lipinski definition) is 7. The van der Waals surface area contributed by atoms with Gasteiger partial charge in [-0.2, -0.15) is 0 Å². The van der Waals surface area contributed by atoms with Crippen molar-refractivity contribution in [1.29, 1.82) is 0 Å². The Balaban J connectivity index is 1.19. The number of aryl methyl sites for hydroxylation is 1. The molecule has 0 spiro atoms. The minimum atomic E-state index is -0.414. The first kappa shape index (κ1) is 31.0. The Morgan fingerprint density at radius 2 is 1.56 bits per heavy atom. The number of piperazine rings is 1. The van der Waals surface area contributed by atoms with Crippen LogP contribution in [0.5, 0.6) is 0 Å². The molecule has 0 bridgehead atoms. The van der Waals surface area contributed by atoms with Crippen molar-refractivity contribution in [3.8, 4) is 0 Å². The van der Waals surface area contributed by atoms with Crippen LogP contribution in [0.3, 0.4) is 0 Å². The third-order valence-electron chi connectivity index (χ3n) is 8.40. The molecule has 6 nitrogen and oxygen atoms in total. The van der Waals surface area contributed by atoms with Gasteiger partial charge in [0.05, 0.1) is 6.61 Å². The van der Waals surface area contributed by atoms with E-state index in [1.807, 2.05) is 13.0 Å². The van der Waals surface area contributed by atoms with Gasteiger partial charge in [0.1, 0.15) is 5.58 Å². The number of para-hydroxylation sites is 1. The summed E-state index contributed by atoms with van der Waals surface area (Å²) in [6.45, 7) is 10.9. The highest BCUT2D eigenvalue weighted by atomic mass is 32.2. The number of rotatable bonds is 12. The van der Waals surface area contributed by atoms with Gasteiger partial charge in [0.25, 0.3) is 0 Å². The standard InChI is InChI=1S/C38H41N3O3S/c1-3-43-38(42)37-29(2)34-26-33(18-19-36(34)44-37)45-41(21-20-30-12-6-4-7-13-30)28-32-16-10-11-17-35(32)40-24-22-39(23-25-40)27-31-14-8-5-9-15-31/h4-19,26H,3,20-25,27-28H2,1-2H3. The summed E-state index contributed by atoms with van der Waals surface area (Å²) in [6.07, 6.45) is 0.953. The van der Waals surface area contributed by atoms with Crippen molar-refractivity contribution in [2.45, 2.75) is 38.3 Å². The van der Waals surface area contributed by atoms with Gasteiger partial charge in [0.15, 0.2) is 0 Å². The zero-order valence-electron chi connectivity index (χ0n) is 26.2. The van der Waals surface area contributed by atoms with Crippen LogP contribution in [-0.2, 0) is 24.2 Å². The maximum Gasteiger partial charge on any atom is 0.374 e. The number of carbonyl (C=O) groups excluding carboxylic acids is 1. The van der Waals surface area contributed by atoms with E-state index >= 15 is 0 Å². The predicted molar refractivity (Wildman–Crippen MR) is 184 cm³/mol. The van der Waals surface area contributed by atoms with Gasteiger partial charge in [0.2, 0.25) is 5.76 Å². The third kappa shape index (κ3) is 7.79. The van der Waals surface area contributed by atoms with E-state index in [1.165, 1.54) is 22.4 Å². The van der Waals surface area contributed by atoms with Gasteiger partial charge in [-0.25, -0.2) is 9.10 Å². The molecule has 0 radical (unpaired) electrons. The van der Waals surface area contributed by atoms with E-state index in [2.05, 4.69) is 111 Å². The van der Waals surface area contributed by atoms with Crippen molar-refractivity contribution in [3.63, 3.8) is 0 Å². The molecule has 0 saturated carbocycles. The van der Waals surface area contributed by atoms with Gasteiger partial charge in [-0.1, -0.05) is 78.9 Å². The molecule has 232 valence electrons. The number of nitrogens with zero attached hydrogens (tertiary/aromatic N) is 3. The normalized spacial score (nSPS) is 13.9. The lowest BCUT2D eigenvalue weighted by atomic mass is 10.1. The number of anilines is 1. The van der Waals surface area contributed by atoms with Gasteiger partial charge < -0.3 is 14.1 Å². The minimum absolute atomic E-state index is 0.285. The van der Waals surface area contributed by atoms with Crippen LogP contribution in [0.1, 0.15) is 39.7 Å². The van der Waals surface area contributed by atoms with Gasteiger partial charge in [-0.3, -0.25) is 4.90 Å². The first-order valence-electron chi connectivity index (χ1n) is 15.8. The SMILES string of the molecule is CCOC(=O)c1oc2ccc(SN(CCc3ccccc3)Cc3ccccc3N3CCN(Cc4ccccc4)CC3)cc2c1C. The molecule has 1 aliphatic heterocycles. The molecule has 0 atom stereocenters. The summed E-state index contributed by atoms with van der Waals surface area (Å²) in [4.78, 5) is 18.7. The third-order valence-corrected chi connectivity index (χ3v) is 9.43. The average molecular weight is 620 g/mol. The van der Waals surface area contributed by atoms with Crippen LogP contribution >= 0.6 is 11.9 Å². The summed E-state index contributed by atoms with van der Waals surface area (Å²) in [5.74, 6) is -0.130. The Bertz CT molecular complexity index is 1700. The second-order valence-electron chi connectivity index (χ2n) is 11.5. The summed E-state index contributed by atoms with van der Waals surface area (Å²) in [7, 11) is 0. The Hall–Kier alpha value is -4.04. The molecule has 1 aliphatic rings. The summed E-state index contributed by atoms with van der Waals surface area (Å²) >= 11 is 1.76. The topological polar surface area (TPSA) is 49.2 Å². The van der Waals surface area contributed by atoms with Crippen LogP contribution in [0.25, 0.3) is 11.0 Å². The number of carbonyl (C=O) groups is 1. The molecule has 45 heavy (non-hydrogen) atoms. The maximum atomic E-state index is 12.4. The average Bonchev–Trinajstić information content (AvgIpc) is 3.41. The van der Waals surface area contributed by atoms with E-state index < -0.39 is 5.97 Å². The van der Waals surface area contributed by atoms with Crippen LogP contribution < -0.4 is 4.90 Å². The fraction of sp³-hybridized carbons (Fsp3) is 0.289. The molecule has 0 aliphatic carbocycles. The molecule has 7 heteroatoms. The molecule has 4 aromatic carbocycles. The molecule has 2 heterocycles. The van der Waals surface area contributed by atoms with E-state index in [0.29, 0.717) is 12.2 Å². The molecular weight excluding hydrogens is 579 g/mol. The minimum Gasteiger partial charge on any atom is -0.460 e. The molecule has 1 saturated heterocycles. The second kappa shape index (κ2) is 14.8. The van der Waals surface area contributed by atoms with E-state index in [-0.39, 0.29) is 5.76 Å². The van der Waals surface area contributed by atoms with Gasteiger partial charge >= 0.3 is 5.97 Å². The van der Waals surface area contributed by atoms with E-state index in [9.17, 15) is 4.79 Å². The molecule has 1 fully saturated rings. The molecule has 0 amide bonds. The highest BCUT2D eigenvalue weighted by Gasteiger charge is 2.22. The van der Waals surface area contributed by atoms with Crippen LogP contribution in [0, 0.1) is 6.92 Å². The van der Waals surface area contributed by atoms with Gasteiger partial charge in [-0.15, -0.1) is 0 Å². The number of fused-ring (bicyclic) bond motifs is 1. The highest BCUT2D eigenvalue weighted by Crippen LogP contribution is 2.34. The van der Waals surface area contributed by atoms with Crippen molar-refractivity contribution in [2.75, 3.05) is 44.2 Å². The number of benzene rings is 4. The van der Waals surface area contributed by atoms with Crippen LogP contribution in [0.15, 0.2) is 112 Å². The molecule has 0 N–H and O–H groups in total. The van der Waals surface area contributed by atoms with Crippen molar-refractivity contribution in [3.05, 3.63) is 131 Å². The van der Waals surface area contributed by atoms with Crippen molar-refractivity contribution in [2.24, 2.45) is 0 Å². The number of hydrogen-bond donors (Lipinski definition) is 0. The van der Waals surface area contributed by atoms with Crippen molar-refractivity contribution in [1.82, 2.24) is 9.21 Å². The fourth-order valence-electron chi connectivity index (χ4n) is 5.98. The number of ether oxygens (including phenoxy) is 1. The lowest BCUT2D eigenvalue weighted by Crippen LogP contribution is -2.46. The van der Waals surface area contributed by atoms with Crippen molar-refractivity contribution < 1.29 is 13.9 Å². The highest BCUT2D eigenvalue weighted by molar-refractivity contribution is 7.97. The van der Waals surface area contributed by atoms with E-state index in [4.69, 9.17) is 9.15 Å². The smallest absolute Gasteiger partial charge is 0.374 e. The molecular formula is C38H41N3O3S. The summed E-state index contributed by atoms with van der Waals surface area (Å²) < 4.78 is 13.6. The second-order valence-corrected chi connectivity index (χ2v) is 12.7. The first-order chi connectivity index (χ1) is 22.1. The van der Waals surface area contributed by atoms with Crippen LogP contribution in [0.2, 0.25) is 0 Å². The Kier molecular flexibility index (Phi) is 10.2. The maximum absolute atomic E-state index is 12.4. The monoisotopic (exact) mass is 619 g/mol. The Labute approximate surface area is 270 Å². The zero-order valence-corrected chi connectivity index (χ0v) is 27.0. The summed E-state index contributed by atoms with van der Waals surface area (Å²) in [5.41, 5.74) is 6.87. The Morgan fingerprint density at radius 3 is 2.29 bits per heavy atom. The zero-order chi connectivity index (χ0) is 31.0. The van der Waals surface area contributed by atoms with Crippen molar-refractivity contribution >= 4 is 34.6 Å². The van der Waals surface area contributed by atoms with Gasteiger partial charge in [0, 0.05) is 67.3 Å². The Morgan fingerprint density at radius 1 is 0.867 bits per heavy atom. The van der Waals surface area contributed by atoms with Crippen LogP contribution in [0.4, 0.5) is 5.69 Å². The lowest BCUT2D eigenvalue weighted by molar-refractivity contribution is 0.0491. The lowest BCUT2D eigenvalue weighted by Gasteiger charge is -2.37. The number of esters is 1. The predicted octanol–water partition coefficient (Wildman–Crippen LogP) is 7.99. The summed E-state index contributed by atoms with van der Waals surface area (Å²) in [5, 5.41) is 0.944. The van der Waals surface area contributed by atoms with E-state index in [0.717, 1.165) is 68.1 Å². The molecule has 5 aromatic rings. The quantitative estimate of drug-likeness (QED) is 0.104. The van der Waals surface area contributed by atoms with Gasteiger partial charge in [-0.05, 0) is 73.2 Å². The van der Waals surface area contributed by atoms with E-state index in [1.54, 1.807) is 18.9 Å². The number of furan rings is 1. The molecule has 0 unspecified atom stereocenters. The largest absolute Gasteiger partial charge is 0.460 e. The first-order valence-corrected chi connectivity index (χ1v) is 16.6. The van der Waals surface area contributed by atoms with Crippen LogP contribution in [-0.4, -0.2) is 54.5 Å². The summed E-state index contributed by atoms with van der Waals surface area (Å²) in [6, 6.07) is 36.5. The fourth-order valence-corrected chi connectivity index (χ4v) is 6.97. The molecule has 6 rings (SSSR count). The molecule has 1 aromatic heterocycles.